The third kappa shape index (κ3) is 6.83. The molecule has 2 aromatic carbocycles. The zero-order valence-electron chi connectivity index (χ0n) is 19.2. The van der Waals surface area contributed by atoms with E-state index in [4.69, 9.17) is 11.6 Å². The molecule has 1 fully saturated rings. The number of rotatable bonds is 9. The van der Waals surface area contributed by atoms with E-state index in [0.717, 1.165) is 43.3 Å². The fourth-order valence-corrected chi connectivity index (χ4v) is 4.53. The summed E-state index contributed by atoms with van der Waals surface area (Å²) in [6.45, 7) is 6.99. The zero-order valence-corrected chi connectivity index (χ0v) is 19.9. The van der Waals surface area contributed by atoms with Crippen LogP contribution in [0.5, 0.6) is 0 Å². The lowest BCUT2D eigenvalue weighted by atomic mass is 10.0. The van der Waals surface area contributed by atoms with E-state index in [-0.39, 0.29) is 5.91 Å². The van der Waals surface area contributed by atoms with Crippen molar-refractivity contribution < 1.29 is 4.79 Å². The molecular formula is C26H32ClN5O. The smallest absolute Gasteiger partial charge is 0.221 e. The Kier molecular flexibility index (Phi) is 8.02. The second kappa shape index (κ2) is 11.3. The van der Waals surface area contributed by atoms with E-state index in [9.17, 15) is 4.79 Å². The number of carbonyl (C=O) groups excluding carboxylic acids is 1. The second-order valence-corrected chi connectivity index (χ2v) is 9.09. The van der Waals surface area contributed by atoms with Gasteiger partial charge in [-0.1, -0.05) is 41.9 Å². The van der Waals surface area contributed by atoms with E-state index in [1.165, 1.54) is 11.3 Å². The van der Waals surface area contributed by atoms with E-state index >= 15 is 0 Å². The minimum absolute atomic E-state index is 0.0840. The largest absolute Gasteiger partial charge is 0.369 e. The summed E-state index contributed by atoms with van der Waals surface area (Å²) in [6, 6.07) is 19.1. The van der Waals surface area contributed by atoms with Crippen LogP contribution in [0.25, 0.3) is 0 Å². The molecule has 1 amide bonds. The molecule has 174 valence electrons. The third-order valence-electron chi connectivity index (χ3n) is 6.19. The first-order chi connectivity index (χ1) is 16.1. The Morgan fingerprint density at radius 3 is 2.61 bits per heavy atom. The van der Waals surface area contributed by atoms with Gasteiger partial charge in [-0.05, 0) is 43.2 Å². The van der Waals surface area contributed by atoms with E-state index in [2.05, 4.69) is 62.6 Å². The van der Waals surface area contributed by atoms with Crippen LogP contribution in [0.4, 0.5) is 5.69 Å². The quantitative estimate of drug-likeness (QED) is 0.522. The monoisotopic (exact) mass is 465 g/mol. The number of imidazole rings is 1. The molecule has 1 aromatic heterocycles. The summed E-state index contributed by atoms with van der Waals surface area (Å²) >= 11 is 6.09. The van der Waals surface area contributed by atoms with Gasteiger partial charge in [0.25, 0.3) is 0 Å². The average molecular weight is 466 g/mol. The summed E-state index contributed by atoms with van der Waals surface area (Å²) in [4.78, 5) is 21.5. The first-order valence-corrected chi connectivity index (χ1v) is 12.0. The summed E-state index contributed by atoms with van der Waals surface area (Å²) in [5.74, 6) is 0.0840. The van der Waals surface area contributed by atoms with Gasteiger partial charge >= 0.3 is 0 Å². The van der Waals surface area contributed by atoms with Crippen molar-refractivity contribution in [2.45, 2.75) is 32.4 Å². The molecule has 33 heavy (non-hydrogen) atoms. The molecule has 1 unspecified atom stereocenters. The molecule has 0 spiro atoms. The number of aryl methyl sites for hydroxylation is 2. The average Bonchev–Trinajstić information content (AvgIpc) is 3.25. The standard InChI is InChI=1S/C26H32ClN5O/c1-21-18-30(20-29-21)13-11-26(33)28-12-14-31-15-16-32(24-9-7-23(27)8-10-24)19-25(31)17-22-5-3-2-4-6-22/h2-10,18,20,25H,11-17,19H2,1H3,(H,28,33). The van der Waals surface area contributed by atoms with E-state index < -0.39 is 0 Å². The van der Waals surface area contributed by atoms with Crippen molar-refractivity contribution >= 4 is 23.2 Å². The molecule has 0 aliphatic carbocycles. The molecule has 7 heteroatoms. The molecule has 6 nitrogen and oxygen atoms in total. The van der Waals surface area contributed by atoms with Gasteiger partial charge < -0.3 is 14.8 Å². The van der Waals surface area contributed by atoms with Crippen LogP contribution in [0.2, 0.25) is 5.02 Å². The van der Waals surface area contributed by atoms with Crippen LogP contribution in [0.15, 0.2) is 67.1 Å². The number of hydrogen-bond acceptors (Lipinski definition) is 4. The number of carbonyl (C=O) groups is 1. The Balaban J connectivity index is 1.32. The number of nitrogens with one attached hydrogen (secondary N) is 1. The van der Waals surface area contributed by atoms with Crippen molar-refractivity contribution in [2.24, 2.45) is 0 Å². The number of aromatic nitrogens is 2. The van der Waals surface area contributed by atoms with Crippen LogP contribution in [0.3, 0.4) is 0 Å². The Hall–Kier alpha value is -2.83. The van der Waals surface area contributed by atoms with Gasteiger partial charge in [-0.25, -0.2) is 4.98 Å². The lowest BCUT2D eigenvalue weighted by Gasteiger charge is -2.42. The van der Waals surface area contributed by atoms with Crippen LogP contribution in [-0.2, 0) is 17.8 Å². The number of hydrogen-bond donors (Lipinski definition) is 1. The van der Waals surface area contributed by atoms with Crippen molar-refractivity contribution in [1.82, 2.24) is 19.8 Å². The zero-order chi connectivity index (χ0) is 23.0. The molecule has 4 rings (SSSR count). The second-order valence-electron chi connectivity index (χ2n) is 8.65. The molecule has 1 aliphatic heterocycles. The molecule has 3 aromatic rings. The molecule has 0 saturated carbocycles. The maximum atomic E-state index is 12.3. The predicted molar refractivity (Wildman–Crippen MR) is 134 cm³/mol. The lowest BCUT2D eigenvalue weighted by Crippen LogP contribution is -2.55. The van der Waals surface area contributed by atoms with Gasteiger partial charge in [-0.15, -0.1) is 0 Å². The van der Waals surface area contributed by atoms with Gasteiger partial charge in [0.05, 0.1) is 12.0 Å². The van der Waals surface area contributed by atoms with Crippen LogP contribution < -0.4 is 10.2 Å². The third-order valence-corrected chi connectivity index (χ3v) is 6.44. The normalized spacial score (nSPS) is 16.7. The minimum Gasteiger partial charge on any atom is -0.369 e. The first-order valence-electron chi connectivity index (χ1n) is 11.6. The van der Waals surface area contributed by atoms with Crippen LogP contribution in [-0.4, -0.2) is 59.1 Å². The number of piperazine rings is 1. The summed E-state index contributed by atoms with van der Waals surface area (Å²) in [5, 5.41) is 3.86. The summed E-state index contributed by atoms with van der Waals surface area (Å²) in [7, 11) is 0. The van der Waals surface area contributed by atoms with E-state index in [1.807, 2.05) is 29.8 Å². The fourth-order valence-electron chi connectivity index (χ4n) is 4.41. The molecule has 1 atom stereocenters. The van der Waals surface area contributed by atoms with E-state index in [0.29, 0.717) is 25.6 Å². The van der Waals surface area contributed by atoms with Gasteiger partial charge in [-0.2, -0.15) is 0 Å². The maximum absolute atomic E-state index is 12.3. The molecule has 1 aliphatic rings. The Morgan fingerprint density at radius 1 is 1.09 bits per heavy atom. The maximum Gasteiger partial charge on any atom is 0.221 e. The molecule has 0 bridgehead atoms. The van der Waals surface area contributed by atoms with Crippen molar-refractivity contribution in [3.05, 3.63) is 83.4 Å². The summed E-state index contributed by atoms with van der Waals surface area (Å²) in [6.07, 6.45) is 5.19. The number of benzene rings is 2. The van der Waals surface area contributed by atoms with Crippen LogP contribution >= 0.6 is 11.6 Å². The summed E-state index contributed by atoms with van der Waals surface area (Å²) < 4.78 is 1.96. The Morgan fingerprint density at radius 2 is 1.88 bits per heavy atom. The number of anilines is 1. The van der Waals surface area contributed by atoms with Gasteiger partial charge in [0.2, 0.25) is 5.91 Å². The predicted octanol–water partition coefficient (Wildman–Crippen LogP) is 3.78. The van der Waals surface area contributed by atoms with Gasteiger partial charge in [0, 0.05) is 68.6 Å². The highest BCUT2D eigenvalue weighted by Crippen LogP contribution is 2.23. The first kappa shape index (κ1) is 23.3. The van der Waals surface area contributed by atoms with Crippen molar-refractivity contribution in [3.63, 3.8) is 0 Å². The molecular weight excluding hydrogens is 434 g/mol. The highest BCUT2D eigenvalue weighted by Gasteiger charge is 2.27. The Bertz CT molecular complexity index is 1020. The van der Waals surface area contributed by atoms with Crippen molar-refractivity contribution in [1.29, 1.82) is 0 Å². The van der Waals surface area contributed by atoms with Gasteiger partial charge in [-0.3, -0.25) is 9.69 Å². The van der Waals surface area contributed by atoms with Crippen LogP contribution in [0, 0.1) is 6.92 Å². The minimum atomic E-state index is 0.0840. The SMILES string of the molecule is Cc1cn(CCC(=O)NCCN2CCN(c3ccc(Cl)cc3)CC2Cc2ccccc2)cn1. The highest BCUT2D eigenvalue weighted by molar-refractivity contribution is 6.30. The van der Waals surface area contributed by atoms with Crippen molar-refractivity contribution in [2.75, 3.05) is 37.6 Å². The van der Waals surface area contributed by atoms with E-state index in [1.54, 1.807) is 6.33 Å². The molecule has 1 N–H and O–H groups in total. The topological polar surface area (TPSA) is 53.4 Å². The molecule has 2 heterocycles. The number of nitrogens with zero attached hydrogens (tertiary/aromatic N) is 4. The lowest BCUT2D eigenvalue weighted by molar-refractivity contribution is -0.121. The molecule has 1 saturated heterocycles. The fraction of sp³-hybridized carbons (Fsp3) is 0.385. The van der Waals surface area contributed by atoms with Gasteiger partial charge in [0.1, 0.15) is 0 Å². The number of amides is 1. The highest BCUT2D eigenvalue weighted by atomic mass is 35.5. The molecule has 0 radical (unpaired) electrons. The van der Waals surface area contributed by atoms with Crippen molar-refractivity contribution in [3.8, 4) is 0 Å². The van der Waals surface area contributed by atoms with Crippen LogP contribution in [0.1, 0.15) is 17.7 Å². The summed E-state index contributed by atoms with van der Waals surface area (Å²) in [5.41, 5.74) is 3.52. The van der Waals surface area contributed by atoms with Gasteiger partial charge in [0.15, 0.2) is 0 Å². The number of halogens is 1. The Labute approximate surface area is 201 Å².